The fourth-order valence-electron chi connectivity index (χ4n) is 2.75. The average molecular weight is 437 g/mol. The number of nitrogens with zero attached hydrogens (tertiary/aromatic N) is 1. The number of benzene rings is 3. The van der Waals surface area contributed by atoms with E-state index in [0.717, 1.165) is 11.1 Å². The van der Waals surface area contributed by atoms with Crippen molar-refractivity contribution < 1.29 is 9.53 Å². The number of nitriles is 1. The van der Waals surface area contributed by atoms with E-state index in [0.29, 0.717) is 27.0 Å². The summed E-state index contributed by atoms with van der Waals surface area (Å²) in [6, 6.07) is 21.7. The van der Waals surface area contributed by atoms with Gasteiger partial charge in [-0.15, -0.1) is 0 Å². The summed E-state index contributed by atoms with van der Waals surface area (Å²) < 4.78 is 5.89. The SMILES string of the molecule is Cc1cccc(NC(=O)/C(C#N)=C/c2ccccc2OCc2ccc(Cl)cc2Cl)c1. The normalized spacial score (nSPS) is 10.9. The van der Waals surface area contributed by atoms with Crippen LogP contribution in [0.2, 0.25) is 10.0 Å². The second-order valence-electron chi connectivity index (χ2n) is 6.56. The van der Waals surface area contributed by atoms with Crippen molar-refractivity contribution in [2.75, 3.05) is 5.32 Å². The number of carbonyl (C=O) groups excluding carboxylic acids is 1. The summed E-state index contributed by atoms with van der Waals surface area (Å²) in [5, 5.41) is 13.3. The van der Waals surface area contributed by atoms with E-state index < -0.39 is 5.91 Å². The molecule has 6 heteroatoms. The molecule has 1 amide bonds. The Labute approximate surface area is 185 Å². The highest BCUT2D eigenvalue weighted by atomic mass is 35.5. The Hall–Kier alpha value is -3.26. The smallest absolute Gasteiger partial charge is 0.266 e. The third kappa shape index (κ3) is 5.64. The number of hydrogen-bond donors (Lipinski definition) is 1. The van der Waals surface area contributed by atoms with E-state index in [-0.39, 0.29) is 12.2 Å². The zero-order chi connectivity index (χ0) is 21.5. The van der Waals surface area contributed by atoms with E-state index >= 15 is 0 Å². The molecule has 3 rings (SSSR count). The van der Waals surface area contributed by atoms with Gasteiger partial charge in [0.2, 0.25) is 0 Å². The van der Waals surface area contributed by atoms with Gasteiger partial charge in [-0.1, -0.05) is 59.6 Å². The highest BCUT2D eigenvalue weighted by Crippen LogP contribution is 2.26. The molecule has 0 unspecified atom stereocenters. The summed E-state index contributed by atoms with van der Waals surface area (Å²) in [4.78, 5) is 12.6. The molecule has 0 aliphatic rings. The molecule has 3 aromatic rings. The van der Waals surface area contributed by atoms with Crippen LogP contribution in [0.15, 0.2) is 72.3 Å². The van der Waals surface area contributed by atoms with Crippen LogP contribution in [-0.2, 0) is 11.4 Å². The van der Waals surface area contributed by atoms with E-state index in [4.69, 9.17) is 27.9 Å². The highest BCUT2D eigenvalue weighted by molar-refractivity contribution is 6.35. The molecule has 0 radical (unpaired) electrons. The topological polar surface area (TPSA) is 62.1 Å². The van der Waals surface area contributed by atoms with Crippen LogP contribution in [0.3, 0.4) is 0 Å². The van der Waals surface area contributed by atoms with Crippen molar-refractivity contribution in [1.29, 1.82) is 5.26 Å². The molecule has 0 aliphatic carbocycles. The minimum absolute atomic E-state index is 0.0305. The maximum atomic E-state index is 12.6. The lowest BCUT2D eigenvalue weighted by atomic mass is 10.1. The first-order chi connectivity index (χ1) is 14.5. The molecule has 0 fully saturated rings. The van der Waals surface area contributed by atoms with Crippen molar-refractivity contribution in [3.05, 3.63) is 99.0 Å². The predicted octanol–water partition coefficient (Wildman–Crippen LogP) is 6.43. The van der Waals surface area contributed by atoms with Crippen LogP contribution in [0.5, 0.6) is 5.75 Å². The number of aryl methyl sites for hydroxylation is 1. The van der Waals surface area contributed by atoms with Crippen LogP contribution in [0.25, 0.3) is 6.08 Å². The lowest BCUT2D eigenvalue weighted by Crippen LogP contribution is -2.13. The predicted molar refractivity (Wildman–Crippen MR) is 121 cm³/mol. The lowest BCUT2D eigenvalue weighted by molar-refractivity contribution is -0.112. The number of anilines is 1. The van der Waals surface area contributed by atoms with Gasteiger partial charge in [-0.3, -0.25) is 4.79 Å². The summed E-state index contributed by atoms with van der Waals surface area (Å²) in [6.45, 7) is 2.15. The zero-order valence-electron chi connectivity index (χ0n) is 16.2. The molecule has 0 spiro atoms. The van der Waals surface area contributed by atoms with Crippen molar-refractivity contribution >= 4 is 40.9 Å². The van der Waals surface area contributed by atoms with E-state index in [2.05, 4.69) is 5.32 Å². The van der Waals surface area contributed by atoms with Crippen molar-refractivity contribution in [2.24, 2.45) is 0 Å². The number of halogens is 2. The van der Waals surface area contributed by atoms with Gasteiger partial charge < -0.3 is 10.1 Å². The van der Waals surface area contributed by atoms with Gasteiger partial charge in [0, 0.05) is 26.9 Å². The number of para-hydroxylation sites is 1. The second kappa shape index (κ2) is 9.98. The first-order valence-corrected chi connectivity index (χ1v) is 9.87. The van der Waals surface area contributed by atoms with Crippen LogP contribution in [0, 0.1) is 18.3 Å². The summed E-state index contributed by atoms with van der Waals surface area (Å²) >= 11 is 12.1. The molecule has 0 aromatic heterocycles. The molecule has 0 saturated heterocycles. The van der Waals surface area contributed by atoms with Gasteiger partial charge >= 0.3 is 0 Å². The minimum atomic E-state index is -0.487. The molecule has 4 nitrogen and oxygen atoms in total. The van der Waals surface area contributed by atoms with Crippen LogP contribution < -0.4 is 10.1 Å². The van der Waals surface area contributed by atoms with E-state index in [1.165, 1.54) is 6.08 Å². The molecule has 3 aromatic carbocycles. The van der Waals surface area contributed by atoms with Crippen molar-refractivity contribution in [2.45, 2.75) is 13.5 Å². The van der Waals surface area contributed by atoms with Gasteiger partial charge in [0.05, 0.1) is 0 Å². The minimum Gasteiger partial charge on any atom is -0.488 e. The number of hydrogen-bond acceptors (Lipinski definition) is 3. The Morgan fingerprint density at radius 3 is 2.63 bits per heavy atom. The lowest BCUT2D eigenvalue weighted by Gasteiger charge is -2.11. The highest BCUT2D eigenvalue weighted by Gasteiger charge is 2.12. The quantitative estimate of drug-likeness (QED) is 0.357. The van der Waals surface area contributed by atoms with E-state index in [9.17, 15) is 10.1 Å². The first-order valence-electron chi connectivity index (χ1n) is 9.12. The van der Waals surface area contributed by atoms with Crippen molar-refractivity contribution in [1.82, 2.24) is 0 Å². The number of nitrogens with one attached hydrogen (secondary N) is 1. The molecule has 0 bridgehead atoms. The molecular formula is C24H18Cl2N2O2. The zero-order valence-corrected chi connectivity index (χ0v) is 17.7. The number of ether oxygens (including phenoxy) is 1. The van der Waals surface area contributed by atoms with Crippen molar-refractivity contribution in [3.8, 4) is 11.8 Å². The van der Waals surface area contributed by atoms with Crippen LogP contribution >= 0.6 is 23.2 Å². The fourth-order valence-corrected chi connectivity index (χ4v) is 3.21. The van der Waals surface area contributed by atoms with Gasteiger partial charge in [0.1, 0.15) is 24.0 Å². The van der Waals surface area contributed by atoms with E-state index in [1.54, 1.807) is 42.5 Å². The number of carbonyl (C=O) groups is 1. The fraction of sp³-hybridized carbons (Fsp3) is 0.0833. The summed E-state index contributed by atoms with van der Waals surface area (Å²) in [7, 11) is 0. The third-order valence-electron chi connectivity index (χ3n) is 4.26. The number of amides is 1. The Morgan fingerprint density at radius 2 is 1.90 bits per heavy atom. The van der Waals surface area contributed by atoms with Gasteiger partial charge in [0.25, 0.3) is 5.91 Å². The Balaban J connectivity index is 1.79. The van der Waals surface area contributed by atoms with Crippen LogP contribution in [0.4, 0.5) is 5.69 Å². The molecule has 30 heavy (non-hydrogen) atoms. The Morgan fingerprint density at radius 1 is 1.10 bits per heavy atom. The molecule has 0 atom stereocenters. The maximum Gasteiger partial charge on any atom is 0.266 e. The Bertz CT molecular complexity index is 1150. The molecular weight excluding hydrogens is 419 g/mol. The Kier molecular flexibility index (Phi) is 7.13. The summed E-state index contributed by atoms with van der Waals surface area (Å²) in [5.41, 5.74) is 2.99. The molecule has 1 N–H and O–H groups in total. The largest absolute Gasteiger partial charge is 0.488 e. The van der Waals surface area contributed by atoms with Crippen LogP contribution in [-0.4, -0.2) is 5.91 Å². The molecule has 150 valence electrons. The van der Waals surface area contributed by atoms with Crippen molar-refractivity contribution in [3.63, 3.8) is 0 Å². The van der Waals surface area contributed by atoms with E-state index in [1.807, 2.05) is 37.3 Å². The van der Waals surface area contributed by atoms with Gasteiger partial charge in [0.15, 0.2) is 0 Å². The van der Waals surface area contributed by atoms with Gasteiger partial charge in [-0.25, -0.2) is 0 Å². The maximum absolute atomic E-state index is 12.6. The second-order valence-corrected chi connectivity index (χ2v) is 7.40. The average Bonchev–Trinajstić information content (AvgIpc) is 2.72. The standard InChI is InChI=1S/C24H18Cl2N2O2/c1-16-5-4-7-21(11-16)28-24(29)19(14-27)12-17-6-2-3-8-23(17)30-15-18-9-10-20(25)13-22(18)26/h2-13H,15H2,1H3,(H,28,29)/b19-12+. The monoisotopic (exact) mass is 436 g/mol. The van der Waals surface area contributed by atoms with Crippen LogP contribution in [0.1, 0.15) is 16.7 Å². The molecule has 0 aliphatic heterocycles. The summed E-state index contributed by atoms with van der Waals surface area (Å²) in [6.07, 6.45) is 1.50. The molecule has 0 heterocycles. The van der Waals surface area contributed by atoms with Gasteiger partial charge in [-0.2, -0.15) is 5.26 Å². The summed E-state index contributed by atoms with van der Waals surface area (Å²) in [5.74, 6) is 0.0401. The third-order valence-corrected chi connectivity index (χ3v) is 4.85. The number of rotatable bonds is 6. The molecule has 0 saturated carbocycles. The first kappa shape index (κ1) is 21.4. The van der Waals surface area contributed by atoms with Gasteiger partial charge in [-0.05, 0) is 48.9 Å².